The molecule has 0 saturated carbocycles. The van der Waals surface area contributed by atoms with Gasteiger partial charge in [-0.05, 0) is 37.6 Å². The number of imidazole rings is 1. The molecule has 0 unspecified atom stereocenters. The van der Waals surface area contributed by atoms with Crippen molar-refractivity contribution in [1.29, 1.82) is 0 Å². The topological polar surface area (TPSA) is 40.7 Å². The number of aromatic amines is 1. The fourth-order valence-electron chi connectivity index (χ4n) is 2.28. The van der Waals surface area contributed by atoms with Gasteiger partial charge in [0.15, 0.2) is 0 Å². The molecule has 1 atom stereocenters. The number of halogens is 1. The Bertz CT molecular complexity index is 500. The summed E-state index contributed by atoms with van der Waals surface area (Å²) in [6, 6.07) is 5.78. The van der Waals surface area contributed by atoms with Crippen molar-refractivity contribution in [3.05, 3.63) is 29.0 Å². The molecule has 1 aromatic carbocycles. The van der Waals surface area contributed by atoms with Crippen LogP contribution in [0.5, 0.6) is 0 Å². The van der Waals surface area contributed by atoms with Gasteiger partial charge in [-0.2, -0.15) is 0 Å². The fraction of sp³-hybridized carbons (Fsp3) is 0.417. The van der Waals surface area contributed by atoms with Crippen LogP contribution in [0.4, 0.5) is 0 Å². The third-order valence-electron chi connectivity index (χ3n) is 3.15. The summed E-state index contributed by atoms with van der Waals surface area (Å²) in [6.45, 7) is 2.15. The molecule has 84 valence electrons. The molecule has 3 rings (SSSR count). The highest BCUT2D eigenvalue weighted by Crippen LogP contribution is 2.24. The SMILES string of the molecule is Clc1ccc2nc([C@H]3CCCNC3)[nH]c2c1. The quantitative estimate of drug-likeness (QED) is 0.798. The molecule has 2 aromatic rings. The van der Waals surface area contributed by atoms with Crippen LogP contribution < -0.4 is 5.32 Å². The van der Waals surface area contributed by atoms with Gasteiger partial charge in [0.05, 0.1) is 11.0 Å². The third-order valence-corrected chi connectivity index (χ3v) is 3.38. The maximum absolute atomic E-state index is 5.95. The molecular formula is C12H14ClN3. The highest BCUT2D eigenvalue weighted by atomic mass is 35.5. The van der Waals surface area contributed by atoms with Crippen molar-refractivity contribution in [1.82, 2.24) is 15.3 Å². The minimum Gasteiger partial charge on any atom is -0.342 e. The zero-order valence-electron chi connectivity index (χ0n) is 8.96. The average molecular weight is 236 g/mol. The largest absolute Gasteiger partial charge is 0.342 e. The van der Waals surface area contributed by atoms with Crippen LogP contribution >= 0.6 is 11.6 Å². The summed E-state index contributed by atoms with van der Waals surface area (Å²) in [4.78, 5) is 7.99. The van der Waals surface area contributed by atoms with Gasteiger partial charge in [-0.25, -0.2) is 4.98 Å². The van der Waals surface area contributed by atoms with Gasteiger partial charge in [0.25, 0.3) is 0 Å². The summed E-state index contributed by atoms with van der Waals surface area (Å²) < 4.78 is 0. The van der Waals surface area contributed by atoms with E-state index in [-0.39, 0.29) is 0 Å². The first-order chi connectivity index (χ1) is 7.83. The molecule has 1 aliphatic heterocycles. The summed E-state index contributed by atoms with van der Waals surface area (Å²) in [5.74, 6) is 1.60. The highest BCUT2D eigenvalue weighted by Gasteiger charge is 2.18. The number of nitrogens with one attached hydrogen (secondary N) is 2. The van der Waals surface area contributed by atoms with Crippen molar-refractivity contribution in [2.24, 2.45) is 0 Å². The summed E-state index contributed by atoms with van der Waals surface area (Å²) in [7, 11) is 0. The molecule has 4 heteroatoms. The minimum absolute atomic E-state index is 0.514. The minimum atomic E-state index is 0.514. The number of nitrogens with zero attached hydrogens (tertiary/aromatic N) is 1. The van der Waals surface area contributed by atoms with Crippen LogP contribution in [0.15, 0.2) is 18.2 Å². The van der Waals surface area contributed by atoms with E-state index in [0.717, 1.165) is 35.0 Å². The lowest BCUT2D eigenvalue weighted by atomic mass is 9.99. The van der Waals surface area contributed by atoms with Gasteiger partial charge in [0.2, 0.25) is 0 Å². The van der Waals surface area contributed by atoms with Gasteiger partial charge in [0.1, 0.15) is 5.82 Å². The standard InChI is InChI=1S/C12H14ClN3/c13-9-3-4-10-11(6-9)16-12(15-10)8-2-1-5-14-7-8/h3-4,6,8,14H,1-2,5,7H2,(H,15,16)/t8-/m0/s1. The number of piperidine rings is 1. The molecule has 0 radical (unpaired) electrons. The highest BCUT2D eigenvalue weighted by molar-refractivity contribution is 6.31. The van der Waals surface area contributed by atoms with Gasteiger partial charge >= 0.3 is 0 Å². The summed E-state index contributed by atoms with van der Waals surface area (Å²) >= 11 is 5.95. The lowest BCUT2D eigenvalue weighted by Crippen LogP contribution is -2.28. The lowest BCUT2D eigenvalue weighted by molar-refractivity contribution is 0.449. The van der Waals surface area contributed by atoms with Gasteiger partial charge < -0.3 is 10.3 Å². The molecule has 1 fully saturated rings. The molecule has 0 amide bonds. The predicted molar refractivity (Wildman–Crippen MR) is 65.9 cm³/mol. The Labute approximate surface area is 99.2 Å². The van der Waals surface area contributed by atoms with Crippen molar-refractivity contribution >= 4 is 22.6 Å². The second-order valence-electron chi connectivity index (χ2n) is 4.33. The smallest absolute Gasteiger partial charge is 0.111 e. The van der Waals surface area contributed by atoms with Gasteiger partial charge in [0, 0.05) is 17.5 Å². The second kappa shape index (κ2) is 4.07. The Hall–Kier alpha value is -1.06. The summed E-state index contributed by atoms with van der Waals surface area (Å²) in [5.41, 5.74) is 2.04. The molecule has 16 heavy (non-hydrogen) atoms. The number of hydrogen-bond donors (Lipinski definition) is 2. The van der Waals surface area contributed by atoms with E-state index in [9.17, 15) is 0 Å². The molecule has 1 aliphatic rings. The maximum Gasteiger partial charge on any atom is 0.111 e. The van der Waals surface area contributed by atoms with E-state index in [1.165, 1.54) is 12.8 Å². The number of aromatic nitrogens is 2. The molecular weight excluding hydrogens is 222 g/mol. The van der Waals surface area contributed by atoms with E-state index in [2.05, 4.69) is 15.3 Å². The first-order valence-electron chi connectivity index (χ1n) is 5.69. The van der Waals surface area contributed by atoms with E-state index < -0.39 is 0 Å². The Morgan fingerprint density at radius 1 is 1.38 bits per heavy atom. The van der Waals surface area contributed by atoms with E-state index in [1.807, 2.05) is 18.2 Å². The first-order valence-corrected chi connectivity index (χ1v) is 6.06. The molecule has 1 saturated heterocycles. The molecule has 2 N–H and O–H groups in total. The molecule has 0 spiro atoms. The number of hydrogen-bond acceptors (Lipinski definition) is 2. The average Bonchev–Trinajstić information content (AvgIpc) is 2.73. The molecule has 0 aliphatic carbocycles. The summed E-state index contributed by atoms with van der Waals surface area (Å²) in [6.07, 6.45) is 2.43. The van der Waals surface area contributed by atoms with E-state index in [0.29, 0.717) is 5.92 Å². The summed E-state index contributed by atoms with van der Waals surface area (Å²) in [5, 5.41) is 4.16. The van der Waals surface area contributed by atoms with E-state index in [1.54, 1.807) is 0 Å². The monoisotopic (exact) mass is 235 g/mol. The first kappa shape index (κ1) is 10.1. The van der Waals surface area contributed by atoms with Crippen LogP contribution in [-0.2, 0) is 0 Å². The van der Waals surface area contributed by atoms with Crippen LogP contribution in [0, 0.1) is 0 Å². The maximum atomic E-state index is 5.95. The zero-order chi connectivity index (χ0) is 11.0. The van der Waals surface area contributed by atoms with Crippen LogP contribution in [0.3, 0.4) is 0 Å². The normalized spacial score (nSPS) is 21.4. The van der Waals surface area contributed by atoms with Crippen molar-refractivity contribution in [2.75, 3.05) is 13.1 Å². The Morgan fingerprint density at radius 2 is 2.31 bits per heavy atom. The fourth-order valence-corrected chi connectivity index (χ4v) is 2.45. The lowest BCUT2D eigenvalue weighted by Gasteiger charge is -2.20. The van der Waals surface area contributed by atoms with Crippen molar-refractivity contribution in [3.8, 4) is 0 Å². The molecule has 3 nitrogen and oxygen atoms in total. The van der Waals surface area contributed by atoms with Gasteiger partial charge in [-0.1, -0.05) is 11.6 Å². The Balaban J connectivity index is 1.97. The van der Waals surface area contributed by atoms with E-state index >= 15 is 0 Å². The van der Waals surface area contributed by atoms with Gasteiger partial charge in [-0.15, -0.1) is 0 Å². The zero-order valence-corrected chi connectivity index (χ0v) is 9.72. The number of benzene rings is 1. The molecule has 2 heterocycles. The van der Waals surface area contributed by atoms with Crippen LogP contribution in [0.25, 0.3) is 11.0 Å². The third kappa shape index (κ3) is 1.81. The van der Waals surface area contributed by atoms with Crippen LogP contribution in [-0.4, -0.2) is 23.1 Å². The van der Waals surface area contributed by atoms with Crippen LogP contribution in [0.1, 0.15) is 24.6 Å². The van der Waals surface area contributed by atoms with Crippen molar-refractivity contribution < 1.29 is 0 Å². The second-order valence-corrected chi connectivity index (χ2v) is 4.76. The van der Waals surface area contributed by atoms with Crippen molar-refractivity contribution in [3.63, 3.8) is 0 Å². The predicted octanol–water partition coefficient (Wildman–Crippen LogP) is 2.68. The molecule has 0 bridgehead atoms. The Morgan fingerprint density at radius 3 is 3.12 bits per heavy atom. The van der Waals surface area contributed by atoms with Gasteiger partial charge in [-0.3, -0.25) is 0 Å². The van der Waals surface area contributed by atoms with E-state index in [4.69, 9.17) is 11.6 Å². The number of fused-ring (bicyclic) bond motifs is 1. The number of rotatable bonds is 1. The number of H-pyrrole nitrogens is 1. The van der Waals surface area contributed by atoms with Crippen molar-refractivity contribution in [2.45, 2.75) is 18.8 Å². The molecule has 1 aromatic heterocycles. The Kier molecular flexibility index (Phi) is 2.58. The van der Waals surface area contributed by atoms with Crippen LogP contribution in [0.2, 0.25) is 5.02 Å².